The van der Waals surface area contributed by atoms with Gasteiger partial charge in [-0.2, -0.15) is 0 Å². The maximum absolute atomic E-state index is 12.3. The van der Waals surface area contributed by atoms with E-state index in [1.807, 2.05) is 20.8 Å². The van der Waals surface area contributed by atoms with Crippen molar-refractivity contribution in [3.63, 3.8) is 0 Å². The fourth-order valence-corrected chi connectivity index (χ4v) is 1.61. The van der Waals surface area contributed by atoms with Gasteiger partial charge in [0.15, 0.2) is 0 Å². The SMILES string of the molecule is CCC(C)(C)N(C)C(=O)c1cc(Cl)nc(NN)c1. The highest BCUT2D eigenvalue weighted by atomic mass is 35.5. The number of nitrogens with zero attached hydrogens (tertiary/aromatic N) is 2. The maximum atomic E-state index is 12.3. The molecule has 1 amide bonds. The van der Waals surface area contributed by atoms with Crippen LogP contribution in [0.15, 0.2) is 12.1 Å². The van der Waals surface area contributed by atoms with Gasteiger partial charge in [0.1, 0.15) is 11.0 Å². The van der Waals surface area contributed by atoms with E-state index in [9.17, 15) is 4.79 Å². The molecule has 1 heterocycles. The summed E-state index contributed by atoms with van der Waals surface area (Å²) in [4.78, 5) is 18.0. The van der Waals surface area contributed by atoms with Gasteiger partial charge in [-0.05, 0) is 32.4 Å². The fraction of sp³-hybridized carbons (Fsp3) is 0.500. The van der Waals surface area contributed by atoms with E-state index in [1.165, 1.54) is 6.07 Å². The van der Waals surface area contributed by atoms with Crippen LogP contribution >= 0.6 is 11.6 Å². The second-order valence-corrected chi connectivity index (χ2v) is 5.13. The molecule has 0 aromatic carbocycles. The number of halogens is 1. The van der Waals surface area contributed by atoms with E-state index < -0.39 is 0 Å². The van der Waals surface area contributed by atoms with Gasteiger partial charge in [0, 0.05) is 18.2 Å². The number of carbonyl (C=O) groups excluding carboxylic acids is 1. The number of nitrogen functional groups attached to an aromatic ring is 1. The highest BCUT2D eigenvalue weighted by molar-refractivity contribution is 6.29. The molecule has 0 saturated carbocycles. The Morgan fingerprint density at radius 3 is 2.67 bits per heavy atom. The van der Waals surface area contributed by atoms with Crippen molar-refractivity contribution >= 4 is 23.3 Å². The monoisotopic (exact) mass is 270 g/mol. The third kappa shape index (κ3) is 3.11. The number of carbonyl (C=O) groups is 1. The molecule has 1 aromatic heterocycles. The van der Waals surface area contributed by atoms with Crippen LogP contribution in [0.3, 0.4) is 0 Å². The highest BCUT2D eigenvalue weighted by Gasteiger charge is 2.26. The lowest BCUT2D eigenvalue weighted by Crippen LogP contribution is -2.44. The Labute approximate surface area is 112 Å². The minimum atomic E-state index is -0.219. The third-order valence-corrected chi connectivity index (χ3v) is 3.46. The van der Waals surface area contributed by atoms with Crippen LogP contribution in [-0.2, 0) is 0 Å². The van der Waals surface area contributed by atoms with Gasteiger partial charge in [0.25, 0.3) is 5.91 Å². The summed E-state index contributed by atoms with van der Waals surface area (Å²) >= 11 is 5.85. The van der Waals surface area contributed by atoms with Crippen molar-refractivity contribution in [2.45, 2.75) is 32.7 Å². The molecule has 0 aliphatic rings. The van der Waals surface area contributed by atoms with Crippen LogP contribution in [0.25, 0.3) is 0 Å². The Hall–Kier alpha value is -1.33. The number of hydrogen-bond donors (Lipinski definition) is 2. The van der Waals surface area contributed by atoms with Crippen molar-refractivity contribution in [1.29, 1.82) is 0 Å². The first-order valence-corrected chi connectivity index (χ1v) is 6.12. The molecule has 0 radical (unpaired) electrons. The molecule has 1 rings (SSSR count). The summed E-state index contributed by atoms with van der Waals surface area (Å²) in [5.74, 6) is 5.54. The van der Waals surface area contributed by atoms with E-state index in [2.05, 4.69) is 10.4 Å². The molecule has 0 saturated heterocycles. The number of pyridine rings is 1. The summed E-state index contributed by atoms with van der Waals surface area (Å²) in [7, 11) is 1.77. The molecule has 0 aliphatic carbocycles. The number of nitrogens with one attached hydrogen (secondary N) is 1. The van der Waals surface area contributed by atoms with Crippen LogP contribution in [0.5, 0.6) is 0 Å². The van der Waals surface area contributed by atoms with Crippen molar-refractivity contribution in [3.05, 3.63) is 22.8 Å². The van der Waals surface area contributed by atoms with Crippen LogP contribution in [0.2, 0.25) is 5.15 Å². The van der Waals surface area contributed by atoms with Crippen LogP contribution < -0.4 is 11.3 Å². The molecule has 0 unspecified atom stereocenters. The van der Waals surface area contributed by atoms with Gasteiger partial charge in [0.05, 0.1) is 0 Å². The zero-order valence-electron chi connectivity index (χ0n) is 11.1. The molecule has 3 N–H and O–H groups in total. The first kappa shape index (κ1) is 14.7. The van der Waals surface area contributed by atoms with E-state index in [0.29, 0.717) is 11.4 Å². The standard InChI is InChI=1S/C12H19ClN4O/c1-5-12(2,3)17(4)11(18)8-6-9(13)15-10(7-8)16-14/h6-7H,5,14H2,1-4H3,(H,15,16). The molecular weight excluding hydrogens is 252 g/mol. The van der Waals surface area contributed by atoms with Crippen LogP contribution in [0, 0.1) is 0 Å². The topological polar surface area (TPSA) is 71.2 Å². The van der Waals surface area contributed by atoms with Gasteiger partial charge in [-0.15, -0.1) is 0 Å². The zero-order chi connectivity index (χ0) is 13.9. The Morgan fingerprint density at radius 1 is 1.56 bits per heavy atom. The molecule has 0 aliphatic heterocycles. The van der Waals surface area contributed by atoms with Gasteiger partial charge < -0.3 is 10.3 Å². The first-order chi connectivity index (χ1) is 8.31. The largest absolute Gasteiger partial charge is 0.337 e. The zero-order valence-corrected chi connectivity index (χ0v) is 11.9. The Bertz CT molecular complexity index is 448. The molecule has 18 heavy (non-hydrogen) atoms. The van der Waals surface area contributed by atoms with Crippen molar-refractivity contribution in [2.24, 2.45) is 5.84 Å². The van der Waals surface area contributed by atoms with Gasteiger partial charge >= 0.3 is 0 Å². The Kier molecular flexibility index (Phi) is 4.53. The average Bonchev–Trinajstić information content (AvgIpc) is 2.36. The molecule has 0 bridgehead atoms. The second kappa shape index (κ2) is 5.54. The van der Waals surface area contributed by atoms with Crippen LogP contribution in [0.4, 0.5) is 5.82 Å². The minimum Gasteiger partial charge on any atom is -0.337 e. The normalized spacial score (nSPS) is 11.2. The molecule has 0 atom stereocenters. The summed E-state index contributed by atoms with van der Waals surface area (Å²) in [5, 5.41) is 0.233. The van der Waals surface area contributed by atoms with Gasteiger partial charge in [0.2, 0.25) is 0 Å². The van der Waals surface area contributed by atoms with E-state index in [0.717, 1.165) is 6.42 Å². The summed E-state index contributed by atoms with van der Waals surface area (Å²) in [6.45, 7) is 6.06. The predicted octanol–water partition coefficient (Wildman–Crippen LogP) is 2.28. The predicted molar refractivity (Wildman–Crippen MR) is 73.5 cm³/mol. The van der Waals surface area contributed by atoms with Gasteiger partial charge in [-0.3, -0.25) is 4.79 Å². The second-order valence-electron chi connectivity index (χ2n) is 4.74. The van der Waals surface area contributed by atoms with Crippen molar-refractivity contribution in [2.75, 3.05) is 12.5 Å². The van der Waals surface area contributed by atoms with Crippen molar-refractivity contribution in [1.82, 2.24) is 9.88 Å². The molecule has 0 fully saturated rings. The number of hydrogen-bond acceptors (Lipinski definition) is 4. The molecular formula is C12H19ClN4O. The lowest BCUT2D eigenvalue weighted by molar-refractivity contribution is 0.0620. The van der Waals surface area contributed by atoms with Crippen molar-refractivity contribution in [3.8, 4) is 0 Å². The summed E-state index contributed by atoms with van der Waals surface area (Å²) in [5.41, 5.74) is 2.63. The quantitative estimate of drug-likeness (QED) is 0.500. The number of nitrogens with two attached hydrogens (primary N) is 1. The van der Waals surface area contributed by atoms with E-state index in [-0.39, 0.29) is 16.6 Å². The molecule has 6 heteroatoms. The Balaban J connectivity index is 3.07. The summed E-state index contributed by atoms with van der Waals surface area (Å²) in [6, 6.07) is 3.11. The van der Waals surface area contributed by atoms with E-state index in [4.69, 9.17) is 17.4 Å². The van der Waals surface area contributed by atoms with E-state index in [1.54, 1.807) is 18.0 Å². The molecule has 1 aromatic rings. The molecule has 100 valence electrons. The average molecular weight is 271 g/mol. The van der Waals surface area contributed by atoms with Crippen LogP contribution in [0.1, 0.15) is 37.6 Å². The van der Waals surface area contributed by atoms with Gasteiger partial charge in [-0.1, -0.05) is 18.5 Å². The smallest absolute Gasteiger partial charge is 0.254 e. The summed E-state index contributed by atoms with van der Waals surface area (Å²) in [6.07, 6.45) is 0.857. The van der Waals surface area contributed by atoms with Gasteiger partial charge in [-0.25, -0.2) is 10.8 Å². The molecule has 5 nitrogen and oxygen atoms in total. The van der Waals surface area contributed by atoms with E-state index >= 15 is 0 Å². The highest BCUT2D eigenvalue weighted by Crippen LogP contribution is 2.21. The Morgan fingerprint density at radius 2 is 2.17 bits per heavy atom. The number of aromatic nitrogens is 1. The number of amides is 1. The maximum Gasteiger partial charge on any atom is 0.254 e. The van der Waals surface area contributed by atoms with Crippen molar-refractivity contribution < 1.29 is 4.79 Å². The summed E-state index contributed by atoms with van der Waals surface area (Å²) < 4.78 is 0. The fourth-order valence-electron chi connectivity index (χ4n) is 1.40. The lowest BCUT2D eigenvalue weighted by atomic mass is 9.99. The minimum absolute atomic E-state index is 0.109. The number of anilines is 1. The molecule has 0 spiro atoms. The number of hydrazine groups is 1. The number of rotatable bonds is 4. The lowest BCUT2D eigenvalue weighted by Gasteiger charge is -2.35. The third-order valence-electron chi connectivity index (χ3n) is 3.27. The van der Waals surface area contributed by atoms with Crippen LogP contribution in [-0.4, -0.2) is 28.4 Å². The first-order valence-electron chi connectivity index (χ1n) is 5.74.